The molecule has 1 aromatic rings. The Hall–Kier alpha value is -1.79. The maximum Gasteiger partial charge on any atom is 0.124 e. The normalized spacial score (nSPS) is 15.0. The molecule has 2 N–H and O–H groups in total. The lowest BCUT2D eigenvalue weighted by molar-refractivity contribution is 0.0888. The topological polar surface area (TPSA) is 53.3 Å². The van der Waals surface area contributed by atoms with Crippen molar-refractivity contribution in [1.29, 1.82) is 5.41 Å². The molecule has 0 aliphatic carbocycles. The molecular weight excluding hydrogens is 436 g/mol. The molecule has 0 aromatic carbocycles. The summed E-state index contributed by atoms with van der Waals surface area (Å²) >= 11 is 0. The maximum absolute atomic E-state index is 7.71. The SMILES string of the molecule is C=C(C(C)=CN(C)C(CC=N)CC(C)C(C)CCC)c1ccn(COCC[Si](C)(C)C)c1NC. The highest BCUT2D eigenvalue weighted by Gasteiger charge is 2.20. The van der Waals surface area contributed by atoms with Gasteiger partial charge in [0.25, 0.3) is 0 Å². The van der Waals surface area contributed by atoms with Crippen LogP contribution in [0.3, 0.4) is 0 Å². The number of ether oxygens (including phenoxy) is 1. The second kappa shape index (κ2) is 14.6. The lowest BCUT2D eigenvalue weighted by atomic mass is 9.86. The lowest BCUT2D eigenvalue weighted by Gasteiger charge is -2.31. The van der Waals surface area contributed by atoms with E-state index in [1.807, 2.05) is 7.05 Å². The number of allylic oxidation sites excluding steroid dienone is 2. The van der Waals surface area contributed by atoms with Crippen molar-refractivity contribution in [2.24, 2.45) is 11.8 Å². The smallest absolute Gasteiger partial charge is 0.124 e. The van der Waals surface area contributed by atoms with Crippen molar-refractivity contribution in [3.63, 3.8) is 0 Å². The predicted molar refractivity (Wildman–Crippen MR) is 154 cm³/mol. The van der Waals surface area contributed by atoms with E-state index in [1.54, 1.807) is 6.21 Å². The third-order valence-corrected chi connectivity index (χ3v) is 8.65. The fraction of sp³-hybridized carbons (Fsp3) is 0.679. The van der Waals surface area contributed by atoms with Crippen LogP contribution in [0.5, 0.6) is 0 Å². The van der Waals surface area contributed by atoms with Crippen LogP contribution in [-0.4, -0.2) is 50.5 Å². The van der Waals surface area contributed by atoms with Gasteiger partial charge < -0.3 is 24.9 Å². The van der Waals surface area contributed by atoms with Crippen LogP contribution in [0, 0.1) is 17.2 Å². The molecule has 0 saturated carbocycles. The minimum atomic E-state index is -1.09. The number of nitrogens with zero attached hydrogens (tertiary/aromatic N) is 2. The summed E-state index contributed by atoms with van der Waals surface area (Å²) in [6.45, 7) is 22.0. The molecule has 1 heterocycles. The molecule has 3 unspecified atom stereocenters. The van der Waals surface area contributed by atoms with Gasteiger partial charge in [0.05, 0.1) is 0 Å². The molecule has 0 radical (unpaired) electrons. The number of hydrogen-bond donors (Lipinski definition) is 2. The maximum atomic E-state index is 7.71. The Morgan fingerprint density at radius 1 is 1.29 bits per heavy atom. The molecule has 0 saturated heterocycles. The summed E-state index contributed by atoms with van der Waals surface area (Å²) in [5, 5.41) is 11.1. The van der Waals surface area contributed by atoms with E-state index in [4.69, 9.17) is 10.1 Å². The number of rotatable bonds is 17. The minimum Gasteiger partial charge on any atom is -0.377 e. The van der Waals surface area contributed by atoms with Gasteiger partial charge in [-0.1, -0.05) is 59.8 Å². The Morgan fingerprint density at radius 2 is 1.97 bits per heavy atom. The van der Waals surface area contributed by atoms with Gasteiger partial charge >= 0.3 is 0 Å². The standard InChI is InChI=1S/C28H52N4OSi/c1-11-12-22(2)23(3)19-26(13-15-29)31(7)20-24(4)25(5)27-14-16-32(28(27)30-6)21-33-17-18-34(8,9)10/h14-16,20,22-23,26,29-30H,5,11-13,17-19,21H2,1-4,6-10H3. The van der Waals surface area contributed by atoms with E-state index in [0.29, 0.717) is 24.6 Å². The first kappa shape index (κ1) is 30.2. The fourth-order valence-electron chi connectivity index (χ4n) is 4.31. The zero-order valence-corrected chi connectivity index (χ0v) is 24.5. The summed E-state index contributed by atoms with van der Waals surface area (Å²) in [5.74, 6) is 2.37. The van der Waals surface area contributed by atoms with Crippen LogP contribution < -0.4 is 5.32 Å². The van der Waals surface area contributed by atoms with Crippen molar-refractivity contribution in [1.82, 2.24) is 9.47 Å². The van der Waals surface area contributed by atoms with Gasteiger partial charge in [-0.15, -0.1) is 0 Å². The summed E-state index contributed by atoms with van der Waals surface area (Å²) in [6, 6.07) is 3.61. The van der Waals surface area contributed by atoms with Gasteiger partial charge in [0, 0.05) is 59.2 Å². The average Bonchev–Trinajstić information content (AvgIpc) is 3.17. The summed E-state index contributed by atoms with van der Waals surface area (Å²) < 4.78 is 8.09. The molecule has 0 aliphatic rings. The second-order valence-corrected chi connectivity index (χ2v) is 16.8. The Bertz CT molecular complexity index is 793. The van der Waals surface area contributed by atoms with E-state index in [-0.39, 0.29) is 0 Å². The highest BCUT2D eigenvalue weighted by atomic mass is 28.3. The van der Waals surface area contributed by atoms with Crippen molar-refractivity contribution in [3.8, 4) is 0 Å². The van der Waals surface area contributed by atoms with Crippen LogP contribution in [0.25, 0.3) is 5.57 Å². The number of hydrogen-bond acceptors (Lipinski definition) is 4. The van der Waals surface area contributed by atoms with E-state index in [2.05, 4.69) is 94.2 Å². The molecule has 6 heteroatoms. The van der Waals surface area contributed by atoms with Crippen molar-refractivity contribution < 1.29 is 4.74 Å². The van der Waals surface area contributed by atoms with E-state index in [1.165, 1.54) is 18.9 Å². The van der Waals surface area contributed by atoms with Crippen LogP contribution in [0.15, 0.2) is 30.6 Å². The molecule has 5 nitrogen and oxygen atoms in total. The molecular formula is C28H52N4OSi. The van der Waals surface area contributed by atoms with Gasteiger partial charge in [-0.25, -0.2) is 0 Å². The lowest BCUT2D eigenvalue weighted by Crippen LogP contribution is -2.31. The average molecular weight is 489 g/mol. The Balaban J connectivity index is 2.91. The Morgan fingerprint density at radius 3 is 2.53 bits per heavy atom. The number of anilines is 1. The highest BCUT2D eigenvalue weighted by Crippen LogP contribution is 2.30. The first-order valence-electron chi connectivity index (χ1n) is 13.0. The molecule has 0 spiro atoms. The fourth-order valence-corrected chi connectivity index (χ4v) is 5.07. The van der Waals surface area contributed by atoms with Gasteiger partial charge in [-0.3, -0.25) is 0 Å². The van der Waals surface area contributed by atoms with Crippen LogP contribution in [0.1, 0.15) is 58.9 Å². The summed E-state index contributed by atoms with van der Waals surface area (Å²) in [6.07, 6.45) is 10.2. The number of aromatic nitrogens is 1. The van der Waals surface area contributed by atoms with Crippen molar-refractivity contribution in [2.45, 2.75) is 91.8 Å². The first-order chi connectivity index (χ1) is 15.9. The van der Waals surface area contributed by atoms with Gasteiger partial charge in [0.2, 0.25) is 0 Å². The van der Waals surface area contributed by atoms with Gasteiger partial charge in [0.1, 0.15) is 12.5 Å². The van der Waals surface area contributed by atoms with E-state index >= 15 is 0 Å². The summed E-state index contributed by atoms with van der Waals surface area (Å²) in [4.78, 5) is 2.29. The van der Waals surface area contributed by atoms with Gasteiger partial charge in [-0.2, -0.15) is 0 Å². The molecule has 0 aliphatic heterocycles. The molecule has 194 valence electrons. The molecule has 1 rings (SSSR count). The van der Waals surface area contributed by atoms with Crippen LogP contribution in [0.4, 0.5) is 5.82 Å². The van der Waals surface area contributed by atoms with Gasteiger partial charge in [0.15, 0.2) is 0 Å². The van der Waals surface area contributed by atoms with Crippen LogP contribution >= 0.6 is 0 Å². The van der Waals surface area contributed by atoms with E-state index in [9.17, 15) is 0 Å². The Labute approximate surface area is 211 Å². The van der Waals surface area contributed by atoms with Crippen molar-refractivity contribution >= 4 is 25.7 Å². The third-order valence-electron chi connectivity index (χ3n) is 6.95. The van der Waals surface area contributed by atoms with Crippen LogP contribution in [0.2, 0.25) is 25.7 Å². The third kappa shape index (κ3) is 9.83. The summed E-state index contributed by atoms with van der Waals surface area (Å²) in [5.41, 5.74) is 3.26. The first-order valence-corrected chi connectivity index (χ1v) is 16.7. The number of nitrogens with one attached hydrogen (secondary N) is 2. The molecule has 1 aromatic heterocycles. The Kier molecular flexibility index (Phi) is 13.0. The largest absolute Gasteiger partial charge is 0.377 e. The van der Waals surface area contributed by atoms with Crippen LogP contribution in [-0.2, 0) is 11.5 Å². The zero-order chi connectivity index (χ0) is 25.9. The van der Waals surface area contributed by atoms with Crippen molar-refractivity contribution in [3.05, 3.63) is 36.2 Å². The molecule has 34 heavy (non-hydrogen) atoms. The van der Waals surface area contributed by atoms with Gasteiger partial charge in [-0.05, 0) is 54.7 Å². The van der Waals surface area contributed by atoms with Crippen molar-refractivity contribution in [2.75, 3.05) is 26.0 Å². The molecule has 0 bridgehead atoms. The summed E-state index contributed by atoms with van der Waals surface area (Å²) in [7, 11) is 3.00. The predicted octanol–water partition coefficient (Wildman–Crippen LogP) is 7.56. The quantitative estimate of drug-likeness (QED) is 0.103. The molecule has 0 fully saturated rings. The minimum absolute atomic E-state index is 0.322. The van der Waals surface area contributed by atoms with E-state index in [0.717, 1.165) is 42.0 Å². The second-order valence-electron chi connectivity index (χ2n) is 11.2. The zero-order valence-electron chi connectivity index (χ0n) is 23.5. The van der Waals surface area contributed by atoms with E-state index < -0.39 is 8.07 Å². The monoisotopic (exact) mass is 488 g/mol. The molecule has 3 atom stereocenters. The highest BCUT2D eigenvalue weighted by molar-refractivity contribution is 6.76. The molecule has 0 amide bonds.